The molecule has 56 valence electrons. The van der Waals surface area contributed by atoms with Crippen molar-refractivity contribution in [1.29, 1.82) is 0 Å². The minimum Gasteiger partial charge on any atom is -0.450 e. The number of nitrogens with two attached hydrogens (primary N) is 1. The Balaban J connectivity index is 3.44. The summed E-state index contributed by atoms with van der Waals surface area (Å²) in [6.07, 6.45) is 0.934. The quantitative estimate of drug-likeness (QED) is 0.317. The summed E-state index contributed by atoms with van der Waals surface area (Å²) in [7, 11) is 0. The summed E-state index contributed by atoms with van der Waals surface area (Å²) >= 11 is 0. The number of ether oxygens (including phenoxy) is 1. The van der Waals surface area contributed by atoms with Gasteiger partial charge in [0.2, 0.25) is 0 Å². The molecular weight excluding hydrogens is 138 g/mol. The Kier molecular flexibility index (Phi) is 3.90. The number of rotatable bonds is 3. The predicted molar refractivity (Wildman–Crippen MR) is 31.4 cm³/mol. The van der Waals surface area contributed by atoms with Crippen molar-refractivity contribution in [2.75, 3.05) is 6.61 Å². The number of hydrogen-bond donors (Lipinski definition) is 1. The van der Waals surface area contributed by atoms with E-state index in [1.807, 2.05) is 0 Å². The maximum Gasteiger partial charge on any atom is 0.362 e. The molecule has 0 radical (unpaired) electrons. The zero-order valence-electron chi connectivity index (χ0n) is 5.20. The summed E-state index contributed by atoms with van der Waals surface area (Å²) in [5, 5.41) is 0. The van der Waals surface area contributed by atoms with Crippen LogP contribution in [-0.2, 0) is 19.2 Å². The van der Waals surface area contributed by atoms with E-state index >= 15 is 0 Å². The molecule has 0 saturated heterocycles. The van der Waals surface area contributed by atoms with Gasteiger partial charge in [0.1, 0.15) is 0 Å². The molecule has 0 atom stereocenters. The number of esters is 1. The molecule has 0 unspecified atom stereocenters. The first-order valence-corrected chi connectivity index (χ1v) is 2.39. The Morgan fingerprint density at radius 3 is 2.60 bits per heavy atom. The van der Waals surface area contributed by atoms with Crippen molar-refractivity contribution in [2.45, 2.75) is 0 Å². The van der Waals surface area contributed by atoms with E-state index in [1.165, 1.54) is 0 Å². The van der Waals surface area contributed by atoms with Crippen molar-refractivity contribution >= 4 is 11.9 Å². The van der Waals surface area contributed by atoms with E-state index in [9.17, 15) is 9.59 Å². The highest BCUT2D eigenvalue weighted by molar-refractivity contribution is 5.83. The largest absolute Gasteiger partial charge is 0.450 e. The second-order valence-corrected chi connectivity index (χ2v) is 1.30. The van der Waals surface area contributed by atoms with Gasteiger partial charge in [0.05, 0.1) is 0 Å². The van der Waals surface area contributed by atoms with E-state index in [-0.39, 0.29) is 0 Å². The van der Waals surface area contributed by atoms with Gasteiger partial charge in [-0.25, -0.2) is 9.59 Å². The zero-order valence-corrected chi connectivity index (χ0v) is 5.20. The van der Waals surface area contributed by atoms with Crippen molar-refractivity contribution in [2.24, 2.45) is 5.90 Å². The van der Waals surface area contributed by atoms with Gasteiger partial charge in [-0.2, -0.15) is 5.90 Å². The van der Waals surface area contributed by atoms with E-state index in [0.717, 1.165) is 6.08 Å². The minimum absolute atomic E-state index is 0.485. The molecule has 0 fully saturated rings. The Labute approximate surface area is 57.4 Å². The second kappa shape index (κ2) is 4.51. The first-order chi connectivity index (χ1) is 4.70. The van der Waals surface area contributed by atoms with Crippen LogP contribution < -0.4 is 5.90 Å². The van der Waals surface area contributed by atoms with Crippen LogP contribution in [0.2, 0.25) is 0 Å². The maximum atomic E-state index is 10.2. The topological polar surface area (TPSA) is 78.6 Å². The fraction of sp³-hybridized carbons (Fsp3) is 0.200. The van der Waals surface area contributed by atoms with Crippen LogP contribution in [0.3, 0.4) is 0 Å². The van der Waals surface area contributed by atoms with Crippen LogP contribution in [0.5, 0.6) is 0 Å². The molecule has 0 bridgehead atoms. The average Bonchev–Trinajstić information content (AvgIpc) is 1.99. The third-order valence-corrected chi connectivity index (χ3v) is 0.630. The number of carbonyl (C=O) groups excluding carboxylic acids is 2. The molecular formula is C5H7NO4. The van der Waals surface area contributed by atoms with Crippen LogP contribution >= 0.6 is 0 Å². The summed E-state index contributed by atoms with van der Waals surface area (Å²) in [5.74, 6) is 2.93. The van der Waals surface area contributed by atoms with E-state index in [1.54, 1.807) is 0 Å². The van der Waals surface area contributed by atoms with E-state index in [4.69, 9.17) is 0 Å². The van der Waals surface area contributed by atoms with Crippen molar-refractivity contribution in [3.8, 4) is 0 Å². The Bertz CT molecular complexity index is 154. The molecule has 5 nitrogen and oxygen atoms in total. The third kappa shape index (κ3) is 3.62. The molecule has 0 spiro atoms. The van der Waals surface area contributed by atoms with Crippen molar-refractivity contribution in [3.05, 3.63) is 12.7 Å². The molecule has 0 aromatic rings. The van der Waals surface area contributed by atoms with Gasteiger partial charge in [-0.05, 0) is 0 Å². The fourth-order valence-corrected chi connectivity index (χ4v) is 0.223. The van der Waals surface area contributed by atoms with Crippen LogP contribution in [-0.4, -0.2) is 18.5 Å². The highest BCUT2D eigenvalue weighted by atomic mass is 16.7. The van der Waals surface area contributed by atoms with E-state index in [0.29, 0.717) is 0 Å². The summed E-state index contributed by atoms with van der Waals surface area (Å²) in [4.78, 5) is 24.1. The van der Waals surface area contributed by atoms with Crippen LogP contribution in [0.25, 0.3) is 0 Å². The molecule has 0 aromatic carbocycles. The second-order valence-electron chi connectivity index (χ2n) is 1.30. The lowest BCUT2D eigenvalue weighted by Crippen LogP contribution is -2.18. The normalized spacial score (nSPS) is 8.10. The Hall–Kier alpha value is -1.36. The smallest absolute Gasteiger partial charge is 0.362 e. The van der Waals surface area contributed by atoms with Crippen LogP contribution in [0.1, 0.15) is 0 Å². The molecule has 0 aliphatic heterocycles. The fourth-order valence-electron chi connectivity index (χ4n) is 0.223. The van der Waals surface area contributed by atoms with Crippen LogP contribution in [0.15, 0.2) is 12.7 Å². The summed E-state index contributed by atoms with van der Waals surface area (Å²) in [6, 6.07) is 0. The standard InChI is InChI=1S/C5H7NO4/c1-2-4(7)9-3-5(8)10-6/h2H,1,3,6H2. The first-order valence-electron chi connectivity index (χ1n) is 2.39. The lowest BCUT2D eigenvalue weighted by Gasteiger charge is -1.97. The zero-order chi connectivity index (χ0) is 7.98. The van der Waals surface area contributed by atoms with Gasteiger partial charge in [0.25, 0.3) is 0 Å². The molecule has 0 aliphatic carbocycles. The molecule has 10 heavy (non-hydrogen) atoms. The van der Waals surface area contributed by atoms with Gasteiger partial charge >= 0.3 is 11.9 Å². The molecule has 0 saturated carbocycles. The predicted octanol–water partition coefficient (Wildman–Crippen LogP) is -0.868. The lowest BCUT2D eigenvalue weighted by atomic mass is 10.6. The van der Waals surface area contributed by atoms with Gasteiger partial charge < -0.3 is 9.57 Å². The highest BCUT2D eigenvalue weighted by Gasteiger charge is 2.02. The third-order valence-electron chi connectivity index (χ3n) is 0.630. The van der Waals surface area contributed by atoms with Crippen molar-refractivity contribution < 1.29 is 19.2 Å². The van der Waals surface area contributed by atoms with Crippen molar-refractivity contribution in [3.63, 3.8) is 0 Å². The Morgan fingerprint density at radius 1 is 1.60 bits per heavy atom. The monoisotopic (exact) mass is 145 g/mol. The molecule has 0 aliphatic rings. The van der Waals surface area contributed by atoms with Gasteiger partial charge in [-0.15, -0.1) is 0 Å². The SMILES string of the molecule is C=CC(=O)OCC(=O)ON. The number of carbonyl (C=O) groups is 2. The summed E-state index contributed by atoms with van der Waals surface area (Å²) in [6.45, 7) is 2.62. The van der Waals surface area contributed by atoms with Crippen LogP contribution in [0, 0.1) is 0 Å². The van der Waals surface area contributed by atoms with Crippen molar-refractivity contribution in [1.82, 2.24) is 0 Å². The molecule has 2 N–H and O–H groups in total. The molecule has 0 amide bonds. The summed E-state index contributed by atoms with van der Waals surface area (Å²) < 4.78 is 4.23. The van der Waals surface area contributed by atoms with E-state index < -0.39 is 18.5 Å². The highest BCUT2D eigenvalue weighted by Crippen LogP contribution is 1.79. The van der Waals surface area contributed by atoms with E-state index in [2.05, 4.69) is 22.1 Å². The molecule has 5 heteroatoms. The van der Waals surface area contributed by atoms with Gasteiger partial charge in [0, 0.05) is 6.08 Å². The summed E-state index contributed by atoms with van der Waals surface area (Å²) in [5.41, 5.74) is 0. The molecule has 0 rings (SSSR count). The lowest BCUT2D eigenvalue weighted by molar-refractivity contribution is -0.156. The van der Waals surface area contributed by atoms with Gasteiger partial charge in [0.15, 0.2) is 6.61 Å². The van der Waals surface area contributed by atoms with Gasteiger partial charge in [-0.1, -0.05) is 6.58 Å². The maximum absolute atomic E-state index is 10.2. The van der Waals surface area contributed by atoms with Crippen LogP contribution in [0.4, 0.5) is 0 Å². The minimum atomic E-state index is -0.810. The number of hydrogen-bond acceptors (Lipinski definition) is 5. The molecule has 0 heterocycles. The Morgan fingerprint density at radius 2 is 2.20 bits per heavy atom. The average molecular weight is 145 g/mol. The molecule has 0 aromatic heterocycles. The first kappa shape index (κ1) is 8.64. The van der Waals surface area contributed by atoms with Gasteiger partial charge in [-0.3, -0.25) is 0 Å².